The molecule has 0 amide bonds. The summed E-state index contributed by atoms with van der Waals surface area (Å²) < 4.78 is 10.4. The quantitative estimate of drug-likeness (QED) is 0.806. The van der Waals surface area contributed by atoms with Gasteiger partial charge in [0, 0.05) is 0 Å². The SMILES string of the molecule is COc1ccc(C2CC2)cc1OC.N. The molecule has 1 fully saturated rings. The number of hydrogen-bond acceptors (Lipinski definition) is 3. The summed E-state index contributed by atoms with van der Waals surface area (Å²) in [5, 5.41) is 0. The van der Waals surface area contributed by atoms with Gasteiger partial charge in [0.25, 0.3) is 0 Å². The molecule has 14 heavy (non-hydrogen) atoms. The van der Waals surface area contributed by atoms with Crippen LogP contribution in [0.3, 0.4) is 0 Å². The molecule has 0 spiro atoms. The van der Waals surface area contributed by atoms with Crippen molar-refractivity contribution in [1.82, 2.24) is 6.15 Å². The third-order valence-electron chi connectivity index (χ3n) is 2.46. The van der Waals surface area contributed by atoms with Crippen molar-refractivity contribution in [2.45, 2.75) is 18.8 Å². The summed E-state index contributed by atoms with van der Waals surface area (Å²) >= 11 is 0. The molecule has 78 valence electrons. The van der Waals surface area contributed by atoms with Gasteiger partial charge in [-0.3, -0.25) is 0 Å². The zero-order chi connectivity index (χ0) is 9.26. The lowest BCUT2D eigenvalue weighted by Crippen LogP contribution is -1.91. The van der Waals surface area contributed by atoms with Crippen LogP contribution in [-0.4, -0.2) is 14.2 Å². The molecule has 0 aromatic heterocycles. The minimum absolute atomic E-state index is 0. The molecule has 0 unspecified atom stereocenters. The third kappa shape index (κ3) is 1.99. The Morgan fingerprint density at radius 1 is 1.07 bits per heavy atom. The van der Waals surface area contributed by atoms with Crippen LogP contribution in [0.4, 0.5) is 0 Å². The Balaban J connectivity index is 0.000000980. The van der Waals surface area contributed by atoms with E-state index in [2.05, 4.69) is 12.1 Å². The van der Waals surface area contributed by atoms with E-state index in [9.17, 15) is 0 Å². The van der Waals surface area contributed by atoms with Crippen molar-refractivity contribution in [2.75, 3.05) is 14.2 Å². The van der Waals surface area contributed by atoms with E-state index in [-0.39, 0.29) is 6.15 Å². The maximum Gasteiger partial charge on any atom is 0.160 e. The lowest BCUT2D eigenvalue weighted by Gasteiger charge is -2.08. The highest BCUT2D eigenvalue weighted by Gasteiger charge is 2.24. The Labute approximate surface area is 84.6 Å². The van der Waals surface area contributed by atoms with Gasteiger partial charge in [0.15, 0.2) is 11.5 Å². The molecule has 0 atom stereocenters. The van der Waals surface area contributed by atoms with E-state index in [1.54, 1.807) is 14.2 Å². The first kappa shape index (κ1) is 10.9. The number of methoxy groups -OCH3 is 2. The van der Waals surface area contributed by atoms with E-state index in [4.69, 9.17) is 9.47 Å². The molecular weight excluding hydrogens is 178 g/mol. The first-order valence-corrected chi connectivity index (χ1v) is 4.57. The molecule has 0 aliphatic heterocycles. The monoisotopic (exact) mass is 195 g/mol. The van der Waals surface area contributed by atoms with Gasteiger partial charge in [0.1, 0.15) is 0 Å². The maximum atomic E-state index is 5.23. The normalized spacial score (nSPS) is 14.4. The van der Waals surface area contributed by atoms with E-state index in [0.717, 1.165) is 17.4 Å². The predicted octanol–water partition coefficient (Wildman–Crippen LogP) is 2.74. The summed E-state index contributed by atoms with van der Waals surface area (Å²) in [6.45, 7) is 0. The first-order valence-electron chi connectivity index (χ1n) is 4.57. The van der Waals surface area contributed by atoms with Crippen LogP contribution in [0.2, 0.25) is 0 Å². The first-order chi connectivity index (χ1) is 6.35. The summed E-state index contributed by atoms with van der Waals surface area (Å²) in [6.07, 6.45) is 2.63. The number of rotatable bonds is 3. The van der Waals surface area contributed by atoms with Crippen molar-refractivity contribution in [3.05, 3.63) is 23.8 Å². The molecule has 0 heterocycles. The number of hydrogen-bond donors (Lipinski definition) is 1. The highest BCUT2D eigenvalue weighted by atomic mass is 16.5. The van der Waals surface area contributed by atoms with Crippen molar-refractivity contribution in [3.8, 4) is 11.5 Å². The Bertz CT molecular complexity index is 308. The average molecular weight is 195 g/mol. The minimum atomic E-state index is 0. The topological polar surface area (TPSA) is 53.5 Å². The van der Waals surface area contributed by atoms with E-state index in [1.807, 2.05) is 6.07 Å². The highest BCUT2D eigenvalue weighted by molar-refractivity contribution is 5.44. The average Bonchev–Trinajstić information content (AvgIpc) is 3.00. The fraction of sp³-hybridized carbons (Fsp3) is 0.455. The van der Waals surface area contributed by atoms with Gasteiger partial charge >= 0.3 is 0 Å². The second-order valence-corrected chi connectivity index (χ2v) is 3.39. The fourth-order valence-electron chi connectivity index (χ4n) is 1.52. The summed E-state index contributed by atoms with van der Waals surface area (Å²) in [6, 6.07) is 6.18. The molecule has 2 rings (SSSR count). The third-order valence-corrected chi connectivity index (χ3v) is 2.46. The fourth-order valence-corrected chi connectivity index (χ4v) is 1.52. The van der Waals surface area contributed by atoms with Crippen molar-refractivity contribution in [2.24, 2.45) is 0 Å². The van der Waals surface area contributed by atoms with Gasteiger partial charge in [0.2, 0.25) is 0 Å². The van der Waals surface area contributed by atoms with Gasteiger partial charge in [-0.2, -0.15) is 0 Å². The molecule has 0 saturated heterocycles. The Hall–Kier alpha value is -1.22. The zero-order valence-corrected chi connectivity index (χ0v) is 8.75. The molecule has 1 aliphatic rings. The van der Waals surface area contributed by atoms with Crippen LogP contribution in [-0.2, 0) is 0 Å². The van der Waals surface area contributed by atoms with Crippen LogP contribution in [0.5, 0.6) is 11.5 Å². The van der Waals surface area contributed by atoms with Crippen molar-refractivity contribution >= 4 is 0 Å². The summed E-state index contributed by atoms with van der Waals surface area (Å²) in [5.74, 6) is 2.42. The smallest absolute Gasteiger partial charge is 0.160 e. The molecule has 3 N–H and O–H groups in total. The molecule has 0 radical (unpaired) electrons. The minimum Gasteiger partial charge on any atom is -0.493 e. The van der Waals surface area contributed by atoms with Crippen LogP contribution in [0, 0.1) is 0 Å². The maximum absolute atomic E-state index is 5.23. The Morgan fingerprint density at radius 3 is 2.21 bits per heavy atom. The van der Waals surface area contributed by atoms with Crippen molar-refractivity contribution in [1.29, 1.82) is 0 Å². The lowest BCUT2D eigenvalue weighted by molar-refractivity contribution is 0.354. The van der Waals surface area contributed by atoms with Gasteiger partial charge in [-0.1, -0.05) is 6.07 Å². The standard InChI is InChI=1S/C11H14O2.H3N/c1-12-10-6-5-9(8-3-4-8)7-11(10)13-2;/h5-8H,3-4H2,1-2H3;1H3. The summed E-state index contributed by atoms with van der Waals surface area (Å²) in [5.41, 5.74) is 1.37. The van der Waals surface area contributed by atoms with Crippen molar-refractivity contribution < 1.29 is 9.47 Å². The van der Waals surface area contributed by atoms with Crippen LogP contribution in [0.15, 0.2) is 18.2 Å². The molecule has 1 saturated carbocycles. The number of benzene rings is 1. The summed E-state index contributed by atoms with van der Waals surface area (Å²) in [4.78, 5) is 0. The van der Waals surface area contributed by atoms with Crippen molar-refractivity contribution in [3.63, 3.8) is 0 Å². The van der Waals surface area contributed by atoms with Gasteiger partial charge in [0.05, 0.1) is 14.2 Å². The molecule has 1 aliphatic carbocycles. The van der Waals surface area contributed by atoms with Gasteiger partial charge in [-0.25, -0.2) is 0 Å². The second-order valence-electron chi connectivity index (χ2n) is 3.39. The van der Waals surface area contributed by atoms with Crippen LogP contribution < -0.4 is 15.6 Å². The highest BCUT2D eigenvalue weighted by Crippen LogP contribution is 2.42. The molecule has 1 aromatic carbocycles. The van der Waals surface area contributed by atoms with E-state index in [1.165, 1.54) is 18.4 Å². The summed E-state index contributed by atoms with van der Waals surface area (Å²) in [7, 11) is 3.34. The van der Waals surface area contributed by atoms with E-state index in [0.29, 0.717) is 0 Å². The van der Waals surface area contributed by atoms with Gasteiger partial charge in [-0.05, 0) is 36.5 Å². The van der Waals surface area contributed by atoms with Gasteiger partial charge < -0.3 is 15.6 Å². The molecular formula is C11H17NO2. The molecule has 1 aromatic rings. The predicted molar refractivity (Wildman–Crippen MR) is 56.5 cm³/mol. The van der Waals surface area contributed by atoms with Crippen LogP contribution in [0.1, 0.15) is 24.3 Å². The number of ether oxygens (including phenoxy) is 2. The van der Waals surface area contributed by atoms with Crippen LogP contribution in [0.25, 0.3) is 0 Å². The Morgan fingerprint density at radius 2 is 1.71 bits per heavy atom. The lowest BCUT2D eigenvalue weighted by atomic mass is 10.1. The Kier molecular flexibility index (Phi) is 3.36. The van der Waals surface area contributed by atoms with E-state index < -0.39 is 0 Å². The molecule has 3 heteroatoms. The molecule has 0 bridgehead atoms. The zero-order valence-electron chi connectivity index (χ0n) is 8.75. The van der Waals surface area contributed by atoms with E-state index >= 15 is 0 Å². The second kappa shape index (κ2) is 4.33. The van der Waals surface area contributed by atoms with Gasteiger partial charge in [-0.15, -0.1) is 0 Å². The van der Waals surface area contributed by atoms with Crippen LogP contribution >= 0.6 is 0 Å². The molecule has 3 nitrogen and oxygen atoms in total. The largest absolute Gasteiger partial charge is 0.493 e.